The Kier molecular flexibility index (Phi) is 9.54. The average molecular weight is 580 g/mol. The lowest BCUT2D eigenvalue weighted by Crippen LogP contribution is -2.30. The summed E-state index contributed by atoms with van der Waals surface area (Å²) in [7, 11) is 0. The zero-order valence-electron chi connectivity index (χ0n) is 20.6. The number of benzene rings is 3. The maximum absolute atomic E-state index is 13.4. The molecule has 0 saturated heterocycles. The third-order valence-corrected chi connectivity index (χ3v) is 7.47. The monoisotopic (exact) mass is 579 g/mol. The van der Waals surface area contributed by atoms with E-state index in [0.717, 1.165) is 10.5 Å². The Bertz CT molecular complexity index is 1490. The summed E-state index contributed by atoms with van der Waals surface area (Å²) in [5, 5.41) is 11.5. The first kappa shape index (κ1) is 28.1. The van der Waals surface area contributed by atoms with Gasteiger partial charge in [-0.3, -0.25) is 14.4 Å². The van der Waals surface area contributed by atoms with Crippen LogP contribution in [0.15, 0.2) is 100 Å². The second-order valence-corrected chi connectivity index (χ2v) is 10.9. The first-order valence-electron chi connectivity index (χ1n) is 11.7. The summed E-state index contributed by atoms with van der Waals surface area (Å²) < 4.78 is 13.4. The van der Waals surface area contributed by atoms with Crippen LogP contribution in [0.5, 0.6) is 0 Å². The van der Waals surface area contributed by atoms with Crippen LogP contribution in [0, 0.1) is 5.82 Å². The summed E-state index contributed by atoms with van der Waals surface area (Å²) >= 11 is 8.58. The lowest BCUT2D eigenvalue weighted by Gasteiger charge is -2.13. The number of carbonyl (C=O) groups is 3. The highest BCUT2D eigenvalue weighted by atomic mass is 35.5. The highest BCUT2D eigenvalue weighted by Gasteiger charge is 2.17. The Morgan fingerprint density at radius 2 is 1.67 bits per heavy atom. The number of rotatable bonds is 9. The third-order valence-electron chi connectivity index (χ3n) is 5.36. The molecule has 3 amide bonds. The molecule has 4 aromatic rings. The Morgan fingerprint density at radius 1 is 0.949 bits per heavy atom. The zero-order chi connectivity index (χ0) is 27.8. The van der Waals surface area contributed by atoms with Crippen LogP contribution in [0.1, 0.15) is 22.8 Å². The molecule has 0 radical (unpaired) electrons. The van der Waals surface area contributed by atoms with E-state index in [4.69, 9.17) is 11.6 Å². The molecular formula is C29H23ClFN3O3S2. The summed E-state index contributed by atoms with van der Waals surface area (Å²) in [6.45, 7) is 1.75. The Labute approximate surface area is 238 Å². The lowest BCUT2D eigenvalue weighted by molar-refractivity contribution is -0.115. The number of nitrogens with one attached hydrogen (secondary N) is 3. The molecule has 0 saturated carbocycles. The second kappa shape index (κ2) is 13.2. The van der Waals surface area contributed by atoms with E-state index in [9.17, 15) is 18.8 Å². The number of thiophene rings is 1. The molecule has 198 valence electrons. The van der Waals surface area contributed by atoms with Crippen molar-refractivity contribution in [3.05, 3.63) is 117 Å². The normalized spacial score (nSPS) is 11.9. The van der Waals surface area contributed by atoms with Crippen LogP contribution in [-0.2, 0) is 9.59 Å². The van der Waals surface area contributed by atoms with Gasteiger partial charge in [0.1, 0.15) is 11.5 Å². The molecule has 39 heavy (non-hydrogen) atoms. The molecule has 4 rings (SSSR count). The molecule has 3 N–H and O–H groups in total. The lowest BCUT2D eigenvalue weighted by atomic mass is 10.2. The van der Waals surface area contributed by atoms with Gasteiger partial charge < -0.3 is 16.0 Å². The quantitative estimate of drug-likeness (QED) is 0.146. The largest absolute Gasteiger partial charge is 0.325 e. The van der Waals surface area contributed by atoms with Gasteiger partial charge in [-0.1, -0.05) is 29.8 Å². The van der Waals surface area contributed by atoms with Gasteiger partial charge in [-0.2, -0.15) is 11.3 Å². The average Bonchev–Trinajstić information content (AvgIpc) is 3.45. The number of hydrogen-bond donors (Lipinski definition) is 3. The first-order chi connectivity index (χ1) is 18.8. The van der Waals surface area contributed by atoms with E-state index < -0.39 is 22.9 Å². The van der Waals surface area contributed by atoms with Crippen molar-refractivity contribution in [3.63, 3.8) is 0 Å². The standard InChI is InChI=1S/C29H23ClFN3O3S2/c1-18(27(35)33-22-9-12-25(31)24(30)16-22)39-23-10-7-21(8-11-23)32-29(37)26(15-19-13-14-38-17-19)34-28(36)20-5-3-2-4-6-20/h2-18H,1H3,(H,32,37)(H,33,35)(H,34,36)/b26-15-. The molecule has 0 fully saturated rings. The van der Waals surface area contributed by atoms with Crippen LogP contribution in [-0.4, -0.2) is 23.0 Å². The Balaban J connectivity index is 1.39. The Morgan fingerprint density at radius 3 is 2.33 bits per heavy atom. The van der Waals surface area contributed by atoms with Gasteiger partial charge in [0.05, 0.1) is 10.3 Å². The number of thioether (sulfide) groups is 1. The van der Waals surface area contributed by atoms with E-state index in [0.29, 0.717) is 16.9 Å². The van der Waals surface area contributed by atoms with Crippen molar-refractivity contribution in [1.82, 2.24) is 5.32 Å². The fourth-order valence-corrected chi connectivity index (χ4v) is 5.02. The third kappa shape index (κ3) is 8.03. The van der Waals surface area contributed by atoms with E-state index in [1.807, 2.05) is 22.9 Å². The van der Waals surface area contributed by atoms with Crippen LogP contribution in [0.25, 0.3) is 6.08 Å². The minimum absolute atomic E-state index is 0.0707. The van der Waals surface area contributed by atoms with Gasteiger partial charge in [-0.15, -0.1) is 11.8 Å². The molecule has 10 heteroatoms. The van der Waals surface area contributed by atoms with Crippen LogP contribution in [0.4, 0.5) is 15.8 Å². The molecule has 0 spiro atoms. The minimum Gasteiger partial charge on any atom is -0.325 e. The fraction of sp³-hybridized carbons (Fsp3) is 0.0690. The van der Waals surface area contributed by atoms with Crippen LogP contribution >= 0.6 is 34.7 Å². The smallest absolute Gasteiger partial charge is 0.272 e. The summed E-state index contributed by atoms with van der Waals surface area (Å²) in [6.07, 6.45) is 1.62. The number of hydrogen-bond acceptors (Lipinski definition) is 5. The van der Waals surface area contributed by atoms with Crippen LogP contribution in [0.2, 0.25) is 5.02 Å². The summed E-state index contributed by atoms with van der Waals surface area (Å²) in [5.74, 6) is -1.69. The molecule has 1 unspecified atom stereocenters. The van der Waals surface area contributed by atoms with E-state index in [1.165, 1.54) is 41.3 Å². The fourth-order valence-electron chi connectivity index (χ4n) is 3.36. The van der Waals surface area contributed by atoms with Gasteiger partial charge in [0.2, 0.25) is 5.91 Å². The topological polar surface area (TPSA) is 87.3 Å². The molecule has 0 aliphatic heterocycles. The molecular weight excluding hydrogens is 557 g/mol. The summed E-state index contributed by atoms with van der Waals surface area (Å²) in [6, 6.07) is 21.5. The molecule has 1 heterocycles. The van der Waals surface area contributed by atoms with Crippen LogP contribution in [0.3, 0.4) is 0 Å². The van der Waals surface area contributed by atoms with Gasteiger partial charge in [0, 0.05) is 21.8 Å². The highest BCUT2D eigenvalue weighted by molar-refractivity contribution is 8.00. The molecule has 0 aliphatic carbocycles. The maximum atomic E-state index is 13.4. The second-order valence-electron chi connectivity index (χ2n) is 8.29. The number of amides is 3. The highest BCUT2D eigenvalue weighted by Crippen LogP contribution is 2.27. The van der Waals surface area contributed by atoms with Gasteiger partial charge in [-0.05, 0) is 90.0 Å². The number of anilines is 2. The predicted octanol–water partition coefficient (Wildman–Crippen LogP) is 7.07. The van der Waals surface area contributed by atoms with Crippen molar-refractivity contribution in [2.45, 2.75) is 17.1 Å². The SMILES string of the molecule is CC(Sc1ccc(NC(=O)/C(=C/c2ccsc2)NC(=O)c2ccccc2)cc1)C(=O)Nc1ccc(F)c(Cl)c1. The molecule has 6 nitrogen and oxygen atoms in total. The molecule has 0 bridgehead atoms. The zero-order valence-corrected chi connectivity index (χ0v) is 23.0. The van der Waals surface area contributed by atoms with Crippen molar-refractivity contribution in [2.24, 2.45) is 0 Å². The van der Waals surface area contributed by atoms with E-state index >= 15 is 0 Å². The summed E-state index contributed by atoms with van der Waals surface area (Å²) in [4.78, 5) is 39.2. The Hall–Kier alpha value is -3.92. The summed E-state index contributed by atoms with van der Waals surface area (Å²) in [5.41, 5.74) is 2.26. The number of halogens is 2. The van der Waals surface area contributed by atoms with Crippen molar-refractivity contribution in [1.29, 1.82) is 0 Å². The minimum atomic E-state index is -0.558. The van der Waals surface area contributed by atoms with Gasteiger partial charge in [-0.25, -0.2) is 4.39 Å². The van der Waals surface area contributed by atoms with Crippen molar-refractivity contribution < 1.29 is 18.8 Å². The molecule has 1 aromatic heterocycles. The van der Waals surface area contributed by atoms with Crippen molar-refractivity contribution in [2.75, 3.05) is 10.6 Å². The van der Waals surface area contributed by atoms with Gasteiger partial charge in [0.25, 0.3) is 11.8 Å². The van der Waals surface area contributed by atoms with E-state index in [2.05, 4.69) is 16.0 Å². The predicted molar refractivity (Wildman–Crippen MR) is 157 cm³/mol. The van der Waals surface area contributed by atoms with E-state index in [-0.39, 0.29) is 16.6 Å². The van der Waals surface area contributed by atoms with Crippen LogP contribution < -0.4 is 16.0 Å². The molecule has 1 atom stereocenters. The van der Waals surface area contributed by atoms with Crippen molar-refractivity contribution >= 4 is 69.9 Å². The first-order valence-corrected chi connectivity index (χ1v) is 13.9. The molecule has 3 aromatic carbocycles. The van der Waals surface area contributed by atoms with Crippen molar-refractivity contribution in [3.8, 4) is 0 Å². The van der Waals surface area contributed by atoms with Gasteiger partial charge >= 0.3 is 0 Å². The van der Waals surface area contributed by atoms with E-state index in [1.54, 1.807) is 61.5 Å². The number of carbonyl (C=O) groups excluding carboxylic acids is 3. The van der Waals surface area contributed by atoms with Gasteiger partial charge in [0.15, 0.2) is 0 Å². The maximum Gasteiger partial charge on any atom is 0.272 e. The molecule has 0 aliphatic rings.